The predicted octanol–water partition coefficient (Wildman–Crippen LogP) is 0.415. The molecule has 2 aromatic heterocycles. The van der Waals surface area contributed by atoms with Crippen LogP contribution in [-0.2, 0) is 0 Å². The van der Waals surface area contributed by atoms with Crippen molar-refractivity contribution in [2.45, 2.75) is 0 Å². The molecule has 0 radical (unpaired) electrons. The van der Waals surface area contributed by atoms with Crippen molar-refractivity contribution in [1.82, 2.24) is 19.7 Å². The molecule has 15 heavy (non-hydrogen) atoms. The zero-order chi connectivity index (χ0) is 10.8. The van der Waals surface area contributed by atoms with Crippen LogP contribution in [-0.4, -0.2) is 25.7 Å². The van der Waals surface area contributed by atoms with E-state index in [1.165, 1.54) is 29.5 Å². The third-order valence-electron chi connectivity index (χ3n) is 1.72. The van der Waals surface area contributed by atoms with Gasteiger partial charge >= 0.3 is 0 Å². The van der Waals surface area contributed by atoms with Crippen molar-refractivity contribution in [3.8, 4) is 5.82 Å². The van der Waals surface area contributed by atoms with Gasteiger partial charge in [0.2, 0.25) is 0 Å². The molecule has 0 unspecified atom stereocenters. The van der Waals surface area contributed by atoms with Crippen molar-refractivity contribution in [3.05, 3.63) is 35.5 Å². The molecule has 1 amide bonds. The van der Waals surface area contributed by atoms with E-state index >= 15 is 0 Å². The summed E-state index contributed by atoms with van der Waals surface area (Å²) in [5.41, 5.74) is 5.37. The van der Waals surface area contributed by atoms with Crippen molar-refractivity contribution < 1.29 is 4.79 Å². The van der Waals surface area contributed by atoms with E-state index in [-0.39, 0.29) is 10.7 Å². The van der Waals surface area contributed by atoms with Gasteiger partial charge in [-0.25, -0.2) is 14.6 Å². The summed E-state index contributed by atoms with van der Waals surface area (Å²) in [7, 11) is 0. The van der Waals surface area contributed by atoms with Gasteiger partial charge in [0.25, 0.3) is 5.91 Å². The molecule has 2 aromatic rings. The third kappa shape index (κ3) is 1.79. The van der Waals surface area contributed by atoms with E-state index in [1.54, 1.807) is 0 Å². The maximum atomic E-state index is 10.8. The Morgan fingerprint density at radius 3 is 2.73 bits per heavy atom. The molecule has 0 saturated heterocycles. The zero-order valence-corrected chi connectivity index (χ0v) is 8.22. The second kappa shape index (κ2) is 3.66. The number of amides is 1. The lowest BCUT2D eigenvalue weighted by molar-refractivity contribution is 0.100. The van der Waals surface area contributed by atoms with Crippen LogP contribution in [0.1, 0.15) is 10.4 Å². The Labute approximate surface area is 89.7 Å². The Bertz CT molecular complexity index is 509. The second-order valence-corrected chi connectivity index (χ2v) is 3.07. The van der Waals surface area contributed by atoms with Crippen LogP contribution in [0.25, 0.3) is 5.82 Å². The van der Waals surface area contributed by atoms with E-state index < -0.39 is 5.91 Å². The summed E-state index contributed by atoms with van der Waals surface area (Å²) in [6, 6.07) is 0. The Morgan fingerprint density at radius 1 is 1.40 bits per heavy atom. The maximum absolute atomic E-state index is 10.8. The first-order valence-corrected chi connectivity index (χ1v) is 4.37. The SMILES string of the molecule is NC(=O)c1cnn(-c2nccnc2Cl)c1. The van der Waals surface area contributed by atoms with E-state index in [0.29, 0.717) is 5.82 Å². The number of nitrogens with zero attached hydrogens (tertiary/aromatic N) is 4. The van der Waals surface area contributed by atoms with E-state index in [4.69, 9.17) is 17.3 Å². The molecule has 2 rings (SSSR count). The monoisotopic (exact) mass is 223 g/mol. The van der Waals surface area contributed by atoms with Gasteiger partial charge in [0.15, 0.2) is 11.0 Å². The molecule has 0 aliphatic rings. The van der Waals surface area contributed by atoms with Crippen LogP contribution in [0.2, 0.25) is 5.15 Å². The van der Waals surface area contributed by atoms with Crippen LogP contribution in [0, 0.1) is 0 Å². The van der Waals surface area contributed by atoms with Crippen molar-refractivity contribution in [2.24, 2.45) is 5.73 Å². The highest BCUT2D eigenvalue weighted by atomic mass is 35.5. The standard InChI is InChI=1S/C8H6ClN5O/c9-6-8(12-2-1-11-6)14-4-5(3-13-14)7(10)15/h1-4H,(H2,10,15). The average Bonchev–Trinajstić information content (AvgIpc) is 2.67. The minimum absolute atomic E-state index is 0.205. The van der Waals surface area contributed by atoms with Crippen molar-refractivity contribution >= 4 is 17.5 Å². The van der Waals surface area contributed by atoms with Crippen molar-refractivity contribution in [1.29, 1.82) is 0 Å². The molecule has 7 heteroatoms. The first-order chi connectivity index (χ1) is 7.18. The van der Waals surface area contributed by atoms with Gasteiger partial charge in [-0.1, -0.05) is 11.6 Å². The number of rotatable bonds is 2. The first kappa shape index (κ1) is 9.60. The fourth-order valence-corrected chi connectivity index (χ4v) is 1.22. The van der Waals surface area contributed by atoms with Gasteiger partial charge in [0.1, 0.15) is 0 Å². The summed E-state index contributed by atoms with van der Waals surface area (Å²) in [6.07, 6.45) is 5.72. The number of halogens is 1. The summed E-state index contributed by atoms with van der Waals surface area (Å²) in [4.78, 5) is 18.6. The Kier molecular flexibility index (Phi) is 2.34. The smallest absolute Gasteiger partial charge is 0.251 e. The molecule has 2 heterocycles. The summed E-state index contributed by atoms with van der Waals surface area (Å²) in [6.45, 7) is 0. The molecule has 0 aliphatic heterocycles. The normalized spacial score (nSPS) is 10.2. The molecule has 76 valence electrons. The Hall–Kier alpha value is -1.95. The van der Waals surface area contributed by atoms with Crippen LogP contribution >= 0.6 is 11.6 Å². The molecule has 0 aliphatic carbocycles. The highest BCUT2D eigenvalue weighted by molar-refractivity contribution is 6.30. The minimum Gasteiger partial charge on any atom is -0.366 e. The molecule has 0 atom stereocenters. The Balaban J connectivity index is 2.46. The third-order valence-corrected chi connectivity index (χ3v) is 1.99. The van der Waals surface area contributed by atoms with Gasteiger partial charge in [0, 0.05) is 18.6 Å². The van der Waals surface area contributed by atoms with Gasteiger partial charge in [-0.2, -0.15) is 5.10 Å². The van der Waals surface area contributed by atoms with Crippen LogP contribution in [0.3, 0.4) is 0 Å². The number of primary amides is 1. The lowest BCUT2D eigenvalue weighted by Crippen LogP contribution is -2.09. The number of nitrogens with two attached hydrogens (primary N) is 1. The lowest BCUT2D eigenvalue weighted by atomic mass is 10.3. The Morgan fingerprint density at radius 2 is 2.13 bits per heavy atom. The lowest BCUT2D eigenvalue weighted by Gasteiger charge is -1.99. The molecule has 0 spiro atoms. The molecule has 2 N–H and O–H groups in total. The minimum atomic E-state index is -0.554. The van der Waals surface area contributed by atoms with Gasteiger partial charge in [-0.15, -0.1) is 0 Å². The summed E-state index contributed by atoms with van der Waals surface area (Å²) >= 11 is 5.80. The highest BCUT2D eigenvalue weighted by Gasteiger charge is 2.09. The quantitative estimate of drug-likeness (QED) is 0.799. The van der Waals surface area contributed by atoms with E-state index in [2.05, 4.69) is 15.1 Å². The number of hydrogen-bond donors (Lipinski definition) is 1. The van der Waals surface area contributed by atoms with Gasteiger partial charge in [0.05, 0.1) is 11.8 Å². The predicted molar refractivity (Wildman–Crippen MR) is 52.7 cm³/mol. The summed E-state index contributed by atoms with van der Waals surface area (Å²) in [5, 5.41) is 4.10. The van der Waals surface area contributed by atoms with E-state index in [9.17, 15) is 4.79 Å². The van der Waals surface area contributed by atoms with E-state index in [0.717, 1.165) is 0 Å². The first-order valence-electron chi connectivity index (χ1n) is 4.00. The number of hydrogen-bond acceptors (Lipinski definition) is 4. The molecule has 0 fully saturated rings. The fourth-order valence-electron chi connectivity index (χ4n) is 1.03. The highest BCUT2D eigenvalue weighted by Crippen LogP contribution is 2.13. The topological polar surface area (TPSA) is 86.7 Å². The second-order valence-electron chi connectivity index (χ2n) is 2.71. The molecule has 0 aromatic carbocycles. The van der Waals surface area contributed by atoms with Crippen LogP contribution in [0.4, 0.5) is 0 Å². The molecular formula is C8H6ClN5O. The number of carbonyl (C=O) groups excluding carboxylic acids is 1. The zero-order valence-electron chi connectivity index (χ0n) is 7.46. The fraction of sp³-hybridized carbons (Fsp3) is 0. The average molecular weight is 224 g/mol. The van der Waals surface area contributed by atoms with Gasteiger partial charge < -0.3 is 5.73 Å². The van der Waals surface area contributed by atoms with E-state index in [1.807, 2.05) is 0 Å². The summed E-state index contributed by atoms with van der Waals surface area (Å²) < 4.78 is 1.34. The van der Waals surface area contributed by atoms with Gasteiger partial charge in [-0.05, 0) is 0 Å². The molecule has 6 nitrogen and oxygen atoms in total. The van der Waals surface area contributed by atoms with Crippen LogP contribution < -0.4 is 5.73 Å². The van der Waals surface area contributed by atoms with Crippen LogP contribution in [0.5, 0.6) is 0 Å². The molecule has 0 bridgehead atoms. The largest absolute Gasteiger partial charge is 0.366 e. The summed E-state index contributed by atoms with van der Waals surface area (Å²) in [5.74, 6) is -0.201. The van der Waals surface area contributed by atoms with Crippen LogP contribution in [0.15, 0.2) is 24.8 Å². The maximum Gasteiger partial charge on any atom is 0.251 e. The van der Waals surface area contributed by atoms with Gasteiger partial charge in [-0.3, -0.25) is 4.79 Å². The number of carbonyl (C=O) groups is 1. The molecule has 0 saturated carbocycles. The molecular weight excluding hydrogens is 218 g/mol. The van der Waals surface area contributed by atoms with Crippen molar-refractivity contribution in [3.63, 3.8) is 0 Å². The number of aromatic nitrogens is 4. The van der Waals surface area contributed by atoms with Crippen molar-refractivity contribution in [2.75, 3.05) is 0 Å².